The first kappa shape index (κ1) is 24.0. The first-order valence-corrected chi connectivity index (χ1v) is 5.83. The maximum Gasteiger partial charge on any atom is 0.490 e. The van der Waals surface area contributed by atoms with Crippen LogP contribution in [0.2, 0.25) is 0 Å². The van der Waals surface area contributed by atoms with E-state index in [9.17, 15) is 52.7 Å². The molecule has 0 bridgehead atoms. The molecule has 16 heteroatoms. The van der Waals surface area contributed by atoms with Crippen molar-refractivity contribution in [2.75, 3.05) is 0 Å². The molecule has 0 saturated carbocycles. The summed E-state index contributed by atoms with van der Waals surface area (Å²) in [7, 11) is 0. The fourth-order valence-corrected chi connectivity index (χ4v) is 1.11. The van der Waals surface area contributed by atoms with Crippen LogP contribution >= 0.6 is 0 Å². The van der Waals surface area contributed by atoms with E-state index in [1.165, 1.54) is 0 Å². The van der Waals surface area contributed by atoms with Crippen molar-refractivity contribution in [2.24, 2.45) is 0 Å². The highest BCUT2D eigenvalue weighted by Crippen LogP contribution is 2.39. The van der Waals surface area contributed by atoms with Crippen LogP contribution in [0.1, 0.15) is 20.8 Å². The highest BCUT2D eigenvalue weighted by atomic mass is 19.4. The monoisotopic (exact) mass is 406 g/mol. The molecule has 0 saturated heterocycles. The van der Waals surface area contributed by atoms with Gasteiger partial charge in [-0.2, -0.15) is 52.7 Å². The van der Waals surface area contributed by atoms with E-state index in [-0.39, 0.29) is 0 Å². The normalized spacial score (nSPS) is 16.7. The minimum atomic E-state index is -6.18. The summed E-state index contributed by atoms with van der Waals surface area (Å²) in [5.41, 5.74) is -2.92. The summed E-state index contributed by atoms with van der Waals surface area (Å²) >= 11 is 0. The Morgan fingerprint density at radius 1 is 0.600 bits per heavy atom. The van der Waals surface area contributed by atoms with Crippen molar-refractivity contribution in [3.63, 3.8) is 0 Å². The van der Waals surface area contributed by atoms with Gasteiger partial charge in [0.1, 0.15) is 11.7 Å². The van der Waals surface area contributed by atoms with E-state index in [1.807, 2.05) is 0 Å². The van der Waals surface area contributed by atoms with Gasteiger partial charge in [-0.3, -0.25) is 9.68 Å². The van der Waals surface area contributed by atoms with Crippen LogP contribution in [0.4, 0.5) is 52.7 Å². The predicted molar refractivity (Wildman–Crippen MR) is 53.6 cm³/mol. The van der Waals surface area contributed by atoms with Crippen molar-refractivity contribution in [1.82, 2.24) is 10.1 Å². The Morgan fingerprint density at radius 2 is 0.880 bits per heavy atom. The summed E-state index contributed by atoms with van der Waals surface area (Å²) in [5.74, 6) is 0. The van der Waals surface area contributed by atoms with Gasteiger partial charge in [0.05, 0.1) is 0 Å². The lowest BCUT2D eigenvalue weighted by Gasteiger charge is -2.39. The first-order chi connectivity index (χ1) is 10.6. The Labute approximate surface area is 131 Å². The van der Waals surface area contributed by atoms with Crippen molar-refractivity contribution >= 4 is 0 Å². The summed E-state index contributed by atoms with van der Waals surface area (Å²) < 4.78 is 148. The molecular formula is C9H10F12N2O2. The Morgan fingerprint density at radius 3 is 1.12 bits per heavy atom. The summed E-state index contributed by atoms with van der Waals surface area (Å²) in [6.45, 7) is 1.09. The Balaban J connectivity index is 5.50. The van der Waals surface area contributed by atoms with Crippen molar-refractivity contribution < 1.29 is 62.4 Å². The van der Waals surface area contributed by atoms with Crippen LogP contribution in [0.15, 0.2) is 0 Å². The molecule has 0 aliphatic rings. The summed E-state index contributed by atoms with van der Waals surface area (Å²) in [6.07, 6.45) is -27.2. The molecule has 0 spiro atoms. The van der Waals surface area contributed by atoms with Crippen molar-refractivity contribution in [3.8, 4) is 0 Å². The summed E-state index contributed by atoms with van der Waals surface area (Å²) in [4.78, 5) is 7.02. The second kappa shape index (κ2) is 6.96. The zero-order chi connectivity index (χ0) is 20.6. The minimum absolute atomic E-state index is 0.357. The van der Waals surface area contributed by atoms with Crippen LogP contribution < -0.4 is 0 Å². The van der Waals surface area contributed by atoms with Crippen LogP contribution in [0.3, 0.4) is 0 Å². The highest BCUT2D eigenvalue weighted by Gasteiger charge is 2.60. The van der Waals surface area contributed by atoms with Gasteiger partial charge < -0.3 is 0 Å². The zero-order valence-electron chi connectivity index (χ0n) is 12.3. The van der Waals surface area contributed by atoms with Gasteiger partial charge in [-0.1, -0.05) is 0 Å². The third-order valence-corrected chi connectivity index (χ3v) is 2.49. The highest BCUT2D eigenvalue weighted by molar-refractivity contribution is 4.77. The van der Waals surface area contributed by atoms with E-state index in [2.05, 4.69) is 9.68 Å². The number of halogens is 12. The smallest absolute Gasteiger partial charge is 0.278 e. The summed E-state index contributed by atoms with van der Waals surface area (Å²) in [6, 6.07) is 0. The molecule has 0 aliphatic heterocycles. The van der Waals surface area contributed by atoms with Crippen LogP contribution in [0.25, 0.3) is 0 Å². The second-order valence-corrected chi connectivity index (χ2v) is 4.90. The van der Waals surface area contributed by atoms with Crippen LogP contribution in [-0.4, -0.2) is 47.0 Å². The zero-order valence-corrected chi connectivity index (χ0v) is 12.3. The third kappa shape index (κ3) is 7.02. The topological polar surface area (TPSA) is 24.9 Å². The molecule has 152 valence electrons. The lowest BCUT2D eigenvalue weighted by Crippen LogP contribution is -2.57. The van der Waals surface area contributed by atoms with Crippen molar-refractivity contribution in [2.45, 2.75) is 57.7 Å². The fourth-order valence-electron chi connectivity index (χ4n) is 1.11. The van der Waals surface area contributed by atoms with E-state index in [0.717, 1.165) is 0 Å². The average Bonchev–Trinajstić information content (AvgIpc) is 2.26. The number of hydrogen-bond donors (Lipinski definition) is 0. The van der Waals surface area contributed by atoms with E-state index in [0.29, 0.717) is 20.8 Å². The Hall–Kier alpha value is -1.00. The quantitative estimate of drug-likeness (QED) is 0.376. The molecule has 1 unspecified atom stereocenters. The Kier molecular flexibility index (Phi) is 6.68. The number of rotatable bonds is 5. The maximum absolute atomic E-state index is 12.3. The third-order valence-electron chi connectivity index (χ3n) is 2.49. The van der Waals surface area contributed by atoms with E-state index in [1.54, 1.807) is 0 Å². The predicted octanol–water partition coefficient (Wildman–Crippen LogP) is 4.70. The molecule has 0 radical (unpaired) electrons. The van der Waals surface area contributed by atoms with Gasteiger partial charge in [-0.15, -0.1) is 0 Å². The molecule has 0 amide bonds. The fraction of sp³-hybridized carbons (Fsp3) is 1.00. The van der Waals surface area contributed by atoms with Crippen molar-refractivity contribution in [1.29, 1.82) is 0 Å². The van der Waals surface area contributed by atoms with Gasteiger partial charge in [0, 0.05) is 10.1 Å². The van der Waals surface area contributed by atoms with E-state index in [4.69, 9.17) is 0 Å². The van der Waals surface area contributed by atoms with Gasteiger partial charge >= 0.3 is 25.2 Å². The molecule has 0 rings (SSSR count). The number of nitrogens with zero attached hydrogens (tertiary/aromatic N) is 2. The molecular weight excluding hydrogens is 396 g/mol. The standard InChI is InChI=1S/C9H10F12N2O2/c1-4(24-22(6(10,11)12)7(13,14)15)5(2,3)25-23(8(16,17)18)9(19,20)21/h4H,1-3H3. The molecule has 0 N–H and O–H groups in total. The molecule has 25 heavy (non-hydrogen) atoms. The molecule has 0 heterocycles. The maximum atomic E-state index is 12.3. The number of alkyl halides is 12. The second-order valence-electron chi connectivity index (χ2n) is 4.90. The Bertz CT molecular complexity index is 410. The van der Waals surface area contributed by atoms with E-state index >= 15 is 0 Å². The van der Waals surface area contributed by atoms with Crippen LogP contribution in [0, 0.1) is 0 Å². The minimum Gasteiger partial charge on any atom is -0.278 e. The van der Waals surface area contributed by atoms with Gasteiger partial charge in [-0.25, -0.2) is 0 Å². The molecule has 4 nitrogen and oxygen atoms in total. The molecule has 0 aromatic rings. The molecule has 0 fully saturated rings. The summed E-state index contributed by atoms with van der Waals surface area (Å²) in [5, 5.41) is -4.94. The first-order valence-electron chi connectivity index (χ1n) is 5.83. The average molecular weight is 406 g/mol. The molecule has 1 atom stereocenters. The largest absolute Gasteiger partial charge is 0.490 e. The van der Waals surface area contributed by atoms with E-state index < -0.39 is 47.0 Å². The van der Waals surface area contributed by atoms with Crippen molar-refractivity contribution in [3.05, 3.63) is 0 Å². The number of hydrogen-bond acceptors (Lipinski definition) is 4. The SMILES string of the molecule is CC(ON(C(F)(F)F)C(F)(F)F)C(C)(C)ON(C(F)(F)F)C(F)(F)F. The molecule has 0 aromatic carbocycles. The van der Waals surface area contributed by atoms with Gasteiger partial charge in [-0.05, 0) is 20.8 Å². The van der Waals surface area contributed by atoms with Gasteiger partial charge in [0.2, 0.25) is 0 Å². The number of hydroxylamine groups is 4. The molecule has 0 aliphatic carbocycles. The molecule has 0 aromatic heterocycles. The lowest BCUT2D eigenvalue weighted by atomic mass is 10.0. The van der Waals surface area contributed by atoms with Gasteiger partial charge in [0.25, 0.3) is 0 Å². The lowest BCUT2D eigenvalue weighted by molar-refractivity contribution is -0.526. The van der Waals surface area contributed by atoms with Gasteiger partial charge in [0.15, 0.2) is 0 Å². The van der Waals surface area contributed by atoms with Crippen LogP contribution in [-0.2, 0) is 9.68 Å². The van der Waals surface area contributed by atoms with Crippen LogP contribution in [0.5, 0.6) is 0 Å².